The molecule has 0 fully saturated rings. The number of likely N-dealkylation sites (N-methyl/N-ethyl adjacent to an activating group) is 1. The minimum atomic E-state index is 0. The van der Waals surface area contributed by atoms with Gasteiger partial charge >= 0.3 is 0 Å². The number of hydrogen-bond acceptors (Lipinski definition) is 2. The maximum Gasteiger partial charge on any atom is 0.120 e. The largest absolute Gasteiger partial charge is 1.00 e. The maximum atomic E-state index is 8.97. The van der Waals surface area contributed by atoms with Crippen LogP contribution in [0.4, 0.5) is 0 Å². The van der Waals surface area contributed by atoms with Gasteiger partial charge in [0.05, 0.1) is 33.9 Å². The molecule has 0 amide bonds. The average molecular weight is 472 g/mol. The second kappa shape index (κ2) is 11.7. The molecule has 1 rings (SSSR count). The third-order valence-electron chi connectivity index (χ3n) is 3.43. The van der Waals surface area contributed by atoms with Gasteiger partial charge in [-0.1, -0.05) is 6.07 Å². The lowest BCUT2D eigenvalue weighted by atomic mass is 10.2. The Labute approximate surface area is 153 Å². The second-order valence-electron chi connectivity index (χ2n) is 5.83. The van der Waals surface area contributed by atoms with Crippen LogP contribution >= 0.6 is 22.6 Å². The molecule has 0 bridgehead atoms. The van der Waals surface area contributed by atoms with E-state index in [1.807, 2.05) is 12.1 Å². The van der Waals surface area contributed by atoms with Crippen molar-refractivity contribution in [3.8, 4) is 5.75 Å². The molecule has 0 radical (unpaired) electrons. The van der Waals surface area contributed by atoms with E-state index in [0.29, 0.717) is 0 Å². The maximum absolute atomic E-state index is 8.97. The van der Waals surface area contributed by atoms with E-state index in [2.05, 4.69) is 48.8 Å². The standard InChI is InChI=1S/C16H27INO2.BrH/c1-18(2,11-12-19)10-5-3-4-6-13-20-16-9-7-8-15(17)14-16;/h7-9,14,19H,3-6,10-13H2,1-2H3;1H/q+1;/p-1. The molecule has 0 saturated heterocycles. The van der Waals surface area contributed by atoms with E-state index in [4.69, 9.17) is 9.84 Å². The van der Waals surface area contributed by atoms with Crippen LogP contribution in [0.1, 0.15) is 25.7 Å². The number of quaternary nitrogens is 1. The highest BCUT2D eigenvalue weighted by molar-refractivity contribution is 14.1. The fourth-order valence-corrected chi connectivity index (χ4v) is 2.64. The molecule has 3 nitrogen and oxygen atoms in total. The number of rotatable bonds is 10. The molecule has 0 atom stereocenters. The molecule has 0 spiro atoms. The van der Waals surface area contributed by atoms with Crippen LogP contribution in [0.25, 0.3) is 0 Å². The Morgan fingerprint density at radius 2 is 1.81 bits per heavy atom. The summed E-state index contributed by atoms with van der Waals surface area (Å²) >= 11 is 2.30. The highest BCUT2D eigenvalue weighted by Crippen LogP contribution is 2.15. The molecule has 0 heterocycles. The zero-order valence-corrected chi connectivity index (χ0v) is 16.8. The third kappa shape index (κ3) is 10.5. The summed E-state index contributed by atoms with van der Waals surface area (Å²) in [6, 6.07) is 8.17. The van der Waals surface area contributed by atoms with E-state index in [9.17, 15) is 0 Å². The quantitative estimate of drug-likeness (QED) is 0.302. The van der Waals surface area contributed by atoms with Crippen LogP contribution in [-0.4, -0.2) is 50.0 Å². The van der Waals surface area contributed by atoms with Gasteiger partial charge in [0.1, 0.15) is 12.3 Å². The van der Waals surface area contributed by atoms with E-state index in [0.717, 1.165) is 36.3 Å². The van der Waals surface area contributed by atoms with Gasteiger partial charge in [-0.3, -0.25) is 0 Å². The van der Waals surface area contributed by atoms with Crippen LogP contribution in [0, 0.1) is 3.57 Å². The number of ether oxygens (including phenoxy) is 1. The summed E-state index contributed by atoms with van der Waals surface area (Å²) in [4.78, 5) is 0. The first-order valence-corrected chi connectivity index (χ1v) is 8.43. The number of halogens is 2. The summed E-state index contributed by atoms with van der Waals surface area (Å²) in [6.07, 6.45) is 4.78. The second-order valence-corrected chi connectivity index (χ2v) is 7.07. The Balaban J connectivity index is 0.00000400. The molecule has 0 aliphatic rings. The summed E-state index contributed by atoms with van der Waals surface area (Å²) in [5, 5.41) is 8.97. The van der Waals surface area contributed by atoms with E-state index < -0.39 is 0 Å². The van der Waals surface area contributed by atoms with Crippen molar-refractivity contribution in [2.24, 2.45) is 0 Å². The van der Waals surface area contributed by atoms with Crippen LogP contribution in [0.2, 0.25) is 0 Å². The molecule has 0 unspecified atom stereocenters. The summed E-state index contributed by atoms with van der Waals surface area (Å²) < 4.78 is 7.86. The van der Waals surface area contributed by atoms with Crippen LogP contribution in [-0.2, 0) is 0 Å². The number of unbranched alkanes of at least 4 members (excludes halogenated alkanes) is 3. The van der Waals surface area contributed by atoms with Crippen molar-refractivity contribution in [2.45, 2.75) is 25.7 Å². The summed E-state index contributed by atoms with van der Waals surface area (Å²) in [7, 11) is 4.35. The molecule has 21 heavy (non-hydrogen) atoms. The predicted molar refractivity (Wildman–Crippen MR) is 92.1 cm³/mol. The van der Waals surface area contributed by atoms with Crippen molar-refractivity contribution in [3.05, 3.63) is 27.8 Å². The topological polar surface area (TPSA) is 29.5 Å². The van der Waals surface area contributed by atoms with Gasteiger partial charge in [-0.25, -0.2) is 0 Å². The predicted octanol–water partition coefficient (Wildman–Crippen LogP) is 0.303. The van der Waals surface area contributed by atoms with Gasteiger partial charge in [0, 0.05) is 3.57 Å². The van der Waals surface area contributed by atoms with Gasteiger partial charge < -0.3 is 31.3 Å². The lowest BCUT2D eigenvalue weighted by Crippen LogP contribution is -3.00. The minimum absolute atomic E-state index is 0. The summed E-state index contributed by atoms with van der Waals surface area (Å²) in [5.41, 5.74) is 0. The molecular formula is C16H27BrINO2. The molecule has 5 heteroatoms. The van der Waals surface area contributed by atoms with E-state index in [-0.39, 0.29) is 23.6 Å². The third-order valence-corrected chi connectivity index (χ3v) is 4.10. The van der Waals surface area contributed by atoms with Crippen LogP contribution in [0.5, 0.6) is 5.75 Å². The van der Waals surface area contributed by atoms with Gasteiger partial charge in [0.2, 0.25) is 0 Å². The Morgan fingerprint density at radius 1 is 1.10 bits per heavy atom. The van der Waals surface area contributed by atoms with Crippen molar-refractivity contribution >= 4 is 22.6 Å². The smallest absolute Gasteiger partial charge is 0.120 e. The number of aliphatic hydroxyl groups excluding tert-OH is 1. The van der Waals surface area contributed by atoms with Gasteiger partial charge in [0.25, 0.3) is 0 Å². The van der Waals surface area contributed by atoms with Gasteiger partial charge in [0.15, 0.2) is 0 Å². The molecule has 122 valence electrons. The van der Waals surface area contributed by atoms with Crippen molar-refractivity contribution < 1.29 is 31.3 Å². The first-order valence-electron chi connectivity index (χ1n) is 7.35. The number of aliphatic hydroxyl groups is 1. The highest BCUT2D eigenvalue weighted by Gasteiger charge is 2.12. The fraction of sp³-hybridized carbons (Fsp3) is 0.625. The Morgan fingerprint density at radius 3 is 2.48 bits per heavy atom. The van der Waals surface area contributed by atoms with Crippen molar-refractivity contribution in [1.82, 2.24) is 0 Å². The molecule has 1 aromatic carbocycles. The summed E-state index contributed by atoms with van der Waals surface area (Å²) in [5.74, 6) is 0.970. The lowest BCUT2D eigenvalue weighted by Gasteiger charge is -2.28. The molecule has 0 aliphatic heterocycles. The normalized spacial score (nSPS) is 11.0. The lowest BCUT2D eigenvalue weighted by molar-refractivity contribution is -0.890. The minimum Gasteiger partial charge on any atom is -1.00 e. The van der Waals surface area contributed by atoms with Crippen molar-refractivity contribution in [3.63, 3.8) is 0 Å². The Bertz CT molecular complexity index is 388. The molecule has 0 aromatic heterocycles. The molecule has 1 aromatic rings. The molecule has 1 N–H and O–H groups in total. The van der Waals surface area contributed by atoms with Crippen LogP contribution in [0.15, 0.2) is 24.3 Å². The SMILES string of the molecule is C[N+](C)(CCO)CCCCCCOc1cccc(I)c1.[Br-]. The molecule has 0 saturated carbocycles. The Kier molecular flexibility index (Phi) is 11.8. The monoisotopic (exact) mass is 471 g/mol. The molecular weight excluding hydrogens is 445 g/mol. The Hall–Kier alpha value is 0.150. The van der Waals surface area contributed by atoms with Gasteiger partial charge in [-0.15, -0.1) is 0 Å². The summed E-state index contributed by atoms with van der Waals surface area (Å²) in [6.45, 7) is 3.06. The number of benzene rings is 1. The molecule has 0 aliphatic carbocycles. The van der Waals surface area contributed by atoms with E-state index in [1.165, 1.54) is 22.8 Å². The van der Waals surface area contributed by atoms with Gasteiger partial charge in [-0.2, -0.15) is 0 Å². The first-order chi connectivity index (χ1) is 9.53. The average Bonchev–Trinajstić information content (AvgIpc) is 2.37. The fourth-order valence-electron chi connectivity index (χ4n) is 2.12. The van der Waals surface area contributed by atoms with Crippen LogP contribution < -0.4 is 21.7 Å². The van der Waals surface area contributed by atoms with E-state index in [1.54, 1.807) is 0 Å². The number of nitrogens with zero attached hydrogens (tertiary/aromatic N) is 1. The van der Waals surface area contributed by atoms with E-state index >= 15 is 0 Å². The van der Waals surface area contributed by atoms with Crippen molar-refractivity contribution in [2.75, 3.05) is 40.4 Å². The number of hydrogen-bond donors (Lipinski definition) is 1. The first kappa shape index (κ1) is 21.1. The van der Waals surface area contributed by atoms with Gasteiger partial charge in [-0.05, 0) is 66.5 Å². The zero-order chi connectivity index (χ0) is 14.8. The van der Waals surface area contributed by atoms with Crippen LogP contribution in [0.3, 0.4) is 0 Å². The zero-order valence-electron chi connectivity index (χ0n) is 13.0. The van der Waals surface area contributed by atoms with Crippen molar-refractivity contribution in [1.29, 1.82) is 0 Å². The highest BCUT2D eigenvalue weighted by atomic mass is 127.